The van der Waals surface area contributed by atoms with Gasteiger partial charge in [0.05, 0.1) is 0 Å². The molecular weight excluding hydrogens is 172 g/mol. The molecule has 0 saturated heterocycles. The van der Waals surface area contributed by atoms with E-state index >= 15 is 0 Å². The lowest BCUT2D eigenvalue weighted by molar-refractivity contribution is -0.137. The fraction of sp³-hybridized carbons (Fsp3) is 0.889. The first-order valence-electron chi connectivity index (χ1n) is 4.54. The van der Waals surface area contributed by atoms with Crippen LogP contribution in [0.15, 0.2) is 0 Å². The molecule has 0 aromatic carbocycles. The number of aliphatic hydroxyl groups is 2. The van der Waals surface area contributed by atoms with E-state index in [2.05, 4.69) is 0 Å². The van der Waals surface area contributed by atoms with Crippen molar-refractivity contribution in [3.8, 4) is 0 Å². The van der Waals surface area contributed by atoms with Crippen molar-refractivity contribution in [3.05, 3.63) is 0 Å². The summed E-state index contributed by atoms with van der Waals surface area (Å²) < 4.78 is 0. The molecule has 0 spiro atoms. The molecule has 4 nitrogen and oxygen atoms in total. The largest absolute Gasteiger partial charge is 0.481 e. The van der Waals surface area contributed by atoms with Crippen molar-refractivity contribution >= 4 is 5.97 Å². The van der Waals surface area contributed by atoms with Crippen molar-refractivity contribution in [1.29, 1.82) is 0 Å². The van der Waals surface area contributed by atoms with Crippen molar-refractivity contribution in [1.82, 2.24) is 0 Å². The fourth-order valence-corrected chi connectivity index (χ4v) is 0.918. The summed E-state index contributed by atoms with van der Waals surface area (Å²) in [7, 11) is 1.00. The molecule has 0 bridgehead atoms. The summed E-state index contributed by atoms with van der Waals surface area (Å²) in [6.07, 6.45) is 4.89. The standard InChI is InChI=1S/C8H16O3.CH4O/c9-7-5-3-1-2-4-6-8(10)11;1-2/h9H,1-7H2,(H,10,11);2H,1H3. The van der Waals surface area contributed by atoms with E-state index < -0.39 is 5.97 Å². The number of hydrogen-bond donors (Lipinski definition) is 3. The van der Waals surface area contributed by atoms with Gasteiger partial charge in [0.25, 0.3) is 0 Å². The van der Waals surface area contributed by atoms with Gasteiger partial charge in [-0.2, -0.15) is 0 Å². The van der Waals surface area contributed by atoms with Gasteiger partial charge in [0.1, 0.15) is 0 Å². The normalized spacial score (nSPS) is 8.85. The molecule has 0 rings (SSSR count). The summed E-state index contributed by atoms with van der Waals surface area (Å²) in [6, 6.07) is 0. The molecule has 0 unspecified atom stereocenters. The van der Waals surface area contributed by atoms with Gasteiger partial charge < -0.3 is 15.3 Å². The van der Waals surface area contributed by atoms with Gasteiger partial charge in [0.15, 0.2) is 0 Å². The second-order valence-electron chi connectivity index (χ2n) is 2.64. The zero-order valence-electron chi connectivity index (χ0n) is 8.20. The van der Waals surface area contributed by atoms with Gasteiger partial charge in [-0.05, 0) is 12.8 Å². The number of carboxylic acids is 1. The first-order valence-corrected chi connectivity index (χ1v) is 4.54. The zero-order valence-corrected chi connectivity index (χ0v) is 8.20. The van der Waals surface area contributed by atoms with Crippen LogP contribution in [0.25, 0.3) is 0 Å². The van der Waals surface area contributed by atoms with Crippen LogP contribution in [0.4, 0.5) is 0 Å². The minimum absolute atomic E-state index is 0.249. The number of hydrogen-bond acceptors (Lipinski definition) is 3. The molecule has 0 aliphatic carbocycles. The minimum Gasteiger partial charge on any atom is -0.481 e. The van der Waals surface area contributed by atoms with Gasteiger partial charge in [-0.25, -0.2) is 0 Å². The van der Waals surface area contributed by atoms with E-state index in [9.17, 15) is 4.79 Å². The number of aliphatic carboxylic acids is 1. The lowest BCUT2D eigenvalue weighted by Crippen LogP contribution is -1.93. The molecule has 0 heterocycles. The monoisotopic (exact) mass is 192 g/mol. The Bertz CT molecular complexity index is 104. The molecule has 0 saturated carbocycles. The number of carboxylic acid groups (broad SMARTS) is 1. The van der Waals surface area contributed by atoms with Crippen molar-refractivity contribution in [2.75, 3.05) is 13.7 Å². The van der Waals surface area contributed by atoms with Crippen LogP contribution in [0, 0.1) is 0 Å². The Hall–Kier alpha value is -0.610. The van der Waals surface area contributed by atoms with Crippen LogP contribution in [0.3, 0.4) is 0 Å². The molecule has 80 valence electrons. The molecule has 3 N–H and O–H groups in total. The summed E-state index contributed by atoms with van der Waals surface area (Å²) in [5, 5.41) is 23.7. The average Bonchev–Trinajstić information content (AvgIpc) is 2.14. The van der Waals surface area contributed by atoms with Crippen LogP contribution in [-0.4, -0.2) is 35.0 Å². The Morgan fingerprint density at radius 1 is 1.00 bits per heavy atom. The lowest BCUT2D eigenvalue weighted by Gasteiger charge is -1.96. The van der Waals surface area contributed by atoms with Gasteiger partial charge in [0.2, 0.25) is 0 Å². The Morgan fingerprint density at radius 2 is 1.46 bits per heavy atom. The smallest absolute Gasteiger partial charge is 0.303 e. The van der Waals surface area contributed by atoms with E-state index in [1.54, 1.807) is 0 Å². The summed E-state index contributed by atoms with van der Waals surface area (Å²) >= 11 is 0. The Morgan fingerprint density at radius 3 is 1.92 bits per heavy atom. The van der Waals surface area contributed by atoms with E-state index in [0.29, 0.717) is 0 Å². The highest BCUT2D eigenvalue weighted by Crippen LogP contribution is 2.04. The predicted octanol–water partition coefficient (Wildman–Crippen LogP) is 1.01. The molecule has 0 amide bonds. The highest BCUT2D eigenvalue weighted by molar-refractivity contribution is 5.66. The second-order valence-corrected chi connectivity index (χ2v) is 2.64. The highest BCUT2D eigenvalue weighted by Gasteiger charge is 1.95. The number of aliphatic hydroxyl groups excluding tert-OH is 2. The summed E-state index contributed by atoms with van der Waals surface area (Å²) in [6.45, 7) is 0.249. The topological polar surface area (TPSA) is 77.8 Å². The van der Waals surface area contributed by atoms with Gasteiger partial charge >= 0.3 is 5.97 Å². The molecule has 0 aliphatic rings. The summed E-state index contributed by atoms with van der Waals surface area (Å²) in [5.41, 5.74) is 0. The second kappa shape index (κ2) is 13.9. The van der Waals surface area contributed by atoms with Crippen LogP contribution in [0.2, 0.25) is 0 Å². The van der Waals surface area contributed by atoms with E-state index in [0.717, 1.165) is 39.2 Å². The Kier molecular flexibility index (Phi) is 16.0. The van der Waals surface area contributed by atoms with E-state index in [4.69, 9.17) is 15.3 Å². The van der Waals surface area contributed by atoms with Crippen LogP contribution < -0.4 is 0 Å². The molecule has 0 radical (unpaired) electrons. The van der Waals surface area contributed by atoms with Crippen LogP contribution in [0.1, 0.15) is 38.5 Å². The third kappa shape index (κ3) is 18.4. The number of rotatable bonds is 7. The molecule has 0 atom stereocenters. The number of unbranched alkanes of at least 4 members (excludes halogenated alkanes) is 4. The maximum Gasteiger partial charge on any atom is 0.303 e. The van der Waals surface area contributed by atoms with Crippen LogP contribution >= 0.6 is 0 Å². The van der Waals surface area contributed by atoms with Crippen molar-refractivity contribution in [2.45, 2.75) is 38.5 Å². The zero-order chi connectivity index (χ0) is 10.5. The van der Waals surface area contributed by atoms with Crippen molar-refractivity contribution < 1.29 is 20.1 Å². The summed E-state index contributed by atoms with van der Waals surface area (Å²) in [4.78, 5) is 10.0. The van der Waals surface area contributed by atoms with Gasteiger partial charge in [-0.3, -0.25) is 4.79 Å². The third-order valence-electron chi connectivity index (χ3n) is 1.55. The maximum atomic E-state index is 10.0. The van der Waals surface area contributed by atoms with Gasteiger partial charge in [-0.1, -0.05) is 19.3 Å². The van der Waals surface area contributed by atoms with Gasteiger partial charge in [-0.15, -0.1) is 0 Å². The first kappa shape index (κ1) is 14.9. The van der Waals surface area contributed by atoms with Crippen molar-refractivity contribution in [3.63, 3.8) is 0 Å². The first-order chi connectivity index (χ1) is 6.27. The minimum atomic E-state index is -0.716. The Balaban J connectivity index is 0. The molecule has 0 aromatic rings. The van der Waals surface area contributed by atoms with Gasteiger partial charge in [0, 0.05) is 20.1 Å². The van der Waals surface area contributed by atoms with E-state index in [1.807, 2.05) is 0 Å². The Labute approximate surface area is 79.2 Å². The van der Waals surface area contributed by atoms with E-state index in [-0.39, 0.29) is 13.0 Å². The van der Waals surface area contributed by atoms with E-state index in [1.165, 1.54) is 0 Å². The molecule has 0 aliphatic heterocycles. The fourth-order valence-electron chi connectivity index (χ4n) is 0.918. The maximum absolute atomic E-state index is 10.0. The third-order valence-corrected chi connectivity index (χ3v) is 1.55. The molecule has 0 aromatic heterocycles. The molecule has 0 fully saturated rings. The average molecular weight is 192 g/mol. The predicted molar refractivity (Wildman–Crippen MR) is 50.6 cm³/mol. The number of carbonyl (C=O) groups is 1. The molecule has 4 heteroatoms. The van der Waals surface area contributed by atoms with Crippen LogP contribution in [-0.2, 0) is 4.79 Å². The SMILES string of the molecule is CO.O=C(O)CCCCCCCO. The van der Waals surface area contributed by atoms with Crippen molar-refractivity contribution in [2.24, 2.45) is 0 Å². The summed E-state index contributed by atoms with van der Waals surface area (Å²) in [5.74, 6) is -0.716. The quantitative estimate of drug-likeness (QED) is 0.526. The molecule has 13 heavy (non-hydrogen) atoms. The lowest BCUT2D eigenvalue weighted by atomic mass is 10.1. The van der Waals surface area contributed by atoms with Crippen LogP contribution in [0.5, 0.6) is 0 Å². The highest BCUT2D eigenvalue weighted by atomic mass is 16.4. The molecular formula is C9H20O4.